The van der Waals surface area contributed by atoms with Gasteiger partial charge >= 0.3 is 0 Å². The van der Waals surface area contributed by atoms with Crippen molar-refractivity contribution in [2.45, 2.75) is 6.92 Å². The van der Waals surface area contributed by atoms with Crippen LogP contribution in [-0.2, 0) is 0 Å². The number of halogens is 2. The van der Waals surface area contributed by atoms with Crippen molar-refractivity contribution < 1.29 is 9.18 Å². The summed E-state index contributed by atoms with van der Waals surface area (Å²) in [5, 5.41) is 2.71. The van der Waals surface area contributed by atoms with E-state index in [0.717, 1.165) is 16.9 Å². The zero-order chi connectivity index (χ0) is 15.0. The zero-order valence-corrected chi connectivity index (χ0v) is 11.8. The summed E-state index contributed by atoms with van der Waals surface area (Å²) in [5.74, 6) is -0.460. The highest BCUT2D eigenvalue weighted by Gasteiger charge is 2.16. The van der Waals surface area contributed by atoms with Crippen LogP contribution >= 0.6 is 11.6 Å². The van der Waals surface area contributed by atoms with E-state index in [-0.39, 0.29) is 10.6 Å². The van der Waals surface area contributed by atoms with Gasteiger partial charge in [0.1, 0.15) is 11.6 Å². The normalized spacial score (nSPS) is 10.8. The fourth-order valence-electron chi connectivity index (χ4n) is 2.12. The first-order valence-corrected chi connectivity index (χ1v) is 6.64. The third kappa shape index (κ3) is 2.60. The van der Waals surface area contributed by atoms with Crippen LogP contribution in [0.1, 0.15) is 16.2 Å². The lowest BCUT2D eigenvalue weighted by Crippen LogP contribution is -2.14. The predicted molar refractivity (Wildman–Crippen MR) is 80.2 cm³/mol. The van der Waals surface area contributed by atoms with Gasteiger partial charge in [-0.25, -0.2) is 9.37 Å². The van der Waals surface area contributed by atoms with E-state index in [2.05, 4.69) is 15.3 Å². The van der Waals surface area contributed by atoms with Crippen LogP contribution in [0.25, 0.3) is 11.0 Å². The predicted octanol–water partition coefficient (Wildman–Crippen LogP) is 3.92. The minimum Gasteiger partial charge on any atom is -0.342 e. The number of nitrogens with zero attached hydrogens (tertiary/aromatic N) is 1. The second kappa shape index (κ2) is 5.18. The number of anilines is 1. The maximum absolute atomic E-state index is 13.7. The summed E-state index contributed by atoms with van der Waals surface area (Å²) >= 11 is 5.87. The number of benzene rings is 2. The van der Waals surface area contributed by atoms with Gasteiger partial charge in [0.05, 0.1) is 21.6 Å². The highest BCUT2D eigenvalue weighted by Crippen LogP contribution is 2.22. The van der Waals surface area contributed by atoms with Gasteiger partial charge in [-0.05, 0) is 37.3 Å². The molecule has 0 fully saturated rings. The minimum atomic E-state index is -0.654. The maximum Gasteiger partial charge on any atom is 0.260 e. The van der Waals surface area contributed by atoms with Crippen LogP contribution in [0, 0.1) is 12.7 Å². The molecule has 0 aliphatic heterocycles. The summed E-state index contributed by atoms with van der Waals surface area (Å²) in [4.78, 5) is 19.5. The van der Waals surface area contributed by atoms with E-state index < -0.39 is 11.7 Å². The number of carbonyl (C=O) groups is 1. The summed E-state index contributed by atoms with van der Waals surface area (Å²) in [6.45, 7) is 1.84. The Hall–Kier alpha value is -2.40. The number of hydrogen-bond donors (Lipinski definition) is 2. The van der Waals surface area contributed by atoms with Gasteiger partial charge in [-0.1, -0.05) is 17.7 Å². The summed E-state index contributed by atoms with van der Waals surface area (Å²) < 4.78 is 13.7. The first-order chi connectivity index (χ1) is 10.0. The van der Waals surface area contributed by atoms with Crippen molar-refractivity contribution in [1.82, 2.24) is 9.97 Å². The standard InChI is InChI=1S/C15H11ClFN3O/c1-8-18-12-6-5-9(7-13(12)19-8)20-15(21)14-10(16)3-2-4-11(14)17/h2-7H,1H3,(H,18,19)(H,20,21). The molecule has 0 radical (unpaired) electrons. The Morgan fingerprint density at radius 2 is 2.14 bits per heavy atom. The van der Waals surface area contributed by atoms with E-state index in [4.69, 9.17) is 11.6 Å². The third-order valence-corrected chi connectivity index (χ3v) is 3.36. The second-order valence-electron chi connectivity index (χ2n) is 4.60. The molecule has 3 aromatic rings. The zero-order valence-electron chi connectivity index (χ0n) is 11.1. The largest absolute Gasteiger partial charge is 0.342 e. The maximum atomic E-state index is 13.7. The molecule has 106 valence electrons. The molecule has 0 aliphatic rings. The number of imidazole rings is 1. The number of amides is 1. The molecule has 0 aliphatic carbocycles. The molecule has 0 saturated heterocycles. The Balaban J connectivity index is 1.92. The topological polar surface area (TPSA) is 57.8 Å². The molecule has 21 heavy (non-hydrogen) atoms. The molecule has 4 nitrogen and oxygen atoms in total. The second-order valence-corrected chi connectivity index (χ2v) is 5.01. The van der Waals surface area contributed by atoms with E-state index in [0.29, 0.717) is 5.69 Å². The molecule has 1 amide bonds. The molecule has 6 heteroatoms. The number of H-pyrrole nitrogens is 1. The van der Waals surface area contributed by atoms with E-state index >= 15 is 0 Å². The van der Waals surface area contributed by atoms with Crippen LogP contribution in [-0.4, -0.2) is 15.9 Å². The number of aryl methyl sites for hydroxylation is 1. The van der Waals surface area contributed by atoms with Crippen molar-refractivity contribution in [3.05, 3.63) is 58.6 Å². The van der Waals surface area contributed by atoms with Crippen molar-refractivity contribution in [2.24, 2.45) is 0 Å². The van der Waals surface area contributed by atoms with Crippen LogP contribution in [0.15, 0.2) is 36.4 Å². The molecule has 2 N–H and O–H groups in total. The number of carbonyl (C=O) groups excluding carboxylic acids is 1. The molecule has 1 aromatic heterocycles. The highest BCUT2D eigenvalue weighted by atomic mass is 35.5. The molecule has 0 atom stereocenters. The number of rotatable bonds is 2. The number of hydrogen-bond acceptors (Lipinski definition) is 2. The summed E-state index contributed by atoms with van der Waals surface area (Å²) in [6, 6.07) is 9.34. The van der Waals surface area contributed by atoms with Crippen molar-refractivity contribution in [1.29, 1.82) is 0 Å². The Bertz CT molecular complexity index is 824. The molecule has 3 rings (SSSR count). The van der Waals surface area contributed by atoms with E-state index in [1.54, 1.807) is 18.2 Å². The lowest BCUT2D eigenvalue weighted by Gasteiger charge is -2.07. The number of aromatic amines is 1. The van der Waals surface area contributed by atoms with Gasteiger partial charge in [0.25, 0.3) is 5.91 Å². The molecule has 2 aromatic carbocycles. The van der Waals surface area contributed by atoms with Crippen LogP contribution in [0.2, 0.25) is 5.02 Å². The monoisotopic (exact) mass is 303 g/mol. The van der Waals surface area contributed by atoms with Gasteiger partial charge in [0, 0.05) is 5.69 Å². The molecule has 0 bridgehead atoms. The van der Waals surface area contributed by atoms with Crippen molar-refractivity contribution >= 4 is 34.2 Å². The third-order valence-electron chi connectivity index (χ3n) is 3.05. The number of aromatic nitrogens is 2. The van der Waals surface area contributed by atoms with E-state index in [1.807, 2.05) is 6.92 Å². The van der Waals surface area contributed by atoms with Crippen molar-refractivity contribution in [3.63, 3.8) is 0 Å². The highest BCUT2D eigenvalue weighted by molar-refractivity contribution is 6.34. The Morgan fingerprint density at radius 1 is 1.33 bits per heavy atom. The molecule has 0 unspecified atom stereocenters. The van der Waals surface area contributed by atoms with Gasteiger partial charge in [-0.15, -0.1) is 0 Å². The van der Waals surface area contributed by atoms with Crippen LogP contribution in [0.4, 0.5) is 10.1 Å². The average Bonchev–Trinajstić information content (AvgIpc) is 2.77. The first kappa shape index (κ1) is 13.6. The minimum absolute atomic E-state index is 0.0750. The summed E-state index contributed by atoms with van der Waals surface area (Å²) in [7, 11) is 0. The van der Waals surface area contributed by atoms with Gasteiger partial charge in [-0.2, -0.15) is 0 Å². The Kier molecular flexibility index (Phi) is 3.35. The Morgan fingerprint density at radius 3 is 2.90 bits per heavy atom. The lowest BCUT2D eigenvalue weighted by molar-refractivity contribution is 0.102. The quantitative estimate of drug-likeness (QED) is 0.754. The van der Waals surface area contributed by atoms with E-state index in [1.165, 1.54) is 18.2 Å². The SMILES string of the molecule is Cc1nc2ccc(NC(=O)c3c(F)cccc3Cl)cc2[nH]1. The van der Waals surface area contributed by atoms with Gasteiger partial charge in [-0.3, -0.25) is 4.79 Å². The van der Waals surface area contributed by atoms with Crippen molar-refractivity contribution in [3.8, 4) is 0 Å². The summed E-state index contributed by atoms with van der Waals surface area (Å²) in [6.07, 6.45) is 0. The lowest BCUT2D eigenvalue weighted by atomic mass is 10.2. The number of fused-ring (bicyclic) bond motifs is 1. The van der Waals surface area contributed by atoms with Crippen LogP contribution in [0.3, 0.4) is 0 Å². The molecule has 0 spiro atoms. The van der Waals surface area contributed by atoms with Crippen LogP contribution < -0.4 is 5.32 Å². The van der Waals surface area contributed by atoms with Gasteiger partial charge in [0.2, 0.25) is 0 Å². The Labute approximate surface area is 125 Å². The fraction of sp³-hybridized carbons (Fsp3) is 0.0667. The average molecular weight is 304 g/mol. The fourth-order valence-corrected chi connectivity index (χ4v) is 2.37. The van der Waals surface area contributed by atoms with Gasteiger partial charge in [0.15, 0.2) is 0 Å². The smallest absolute Gasteiger partial charge is 0.260 e. The van der Waals surface area contributed by atoms with Gasteiger partial charge < -0.3 is 10.3 Å². The molecular formula is C15H11ClFN3O. The molecule has 1 heterocycles. The first-order valence-electron chi connectivity index (χ1n) is 6.26. The summed E-state index contributed by atoms with van der Waals surface area (Å²) in [5.41, 5.74) is 1.97. The molecular weight excluding hydrogens is 293 g/mol. The molecule has 0 saturated carbocycles. The van der Waals surface area contributed by atoms with Crippen LogP contribution in [0.5, 0.6) is 0 Å². The van der Waals surface area contributed by atoms with Crippen molar-refractivity contribution in [2.75, 3.05) is 5.32 Å². The van der Waals surface area contributed by atoms with E-state index in [9.17, 15) is 9.18 Å². The number of nitrogens with one attached hydrogen (secondary N) is 2.